The maximum atomic E-state index is 14.0. The molecule has 0 saturated heterocycles. The van der Waals surface area contributed by atoms with Crippen molar-refractivity contribution in [1.29, 1.82) is 0 Å². The highest BCUT2D eigenvalue weighted by Gasteiger charge is 2.40. The number of alkyl halides is 1. The summed E-state index contributed by atoms with van der Waals surface area (Å²) in [7, 11) is 0. The lowest BCUT2D eigenvalue weighted by molar-refractivity contribution is 0.267. The Morgan fingerprint density at radius 3 is 2.44 bits per heavy atom. The number of halogens is 4. The Bertz CT molecular complexity index is 442. The highest BCUT2D eigenvalue weighted by Crippen LogP contribution is 2.53. The van der Waals surface area contributed by atoms with Gasteiger partial charge >= 0.3 is 0 Å². The zero-order valence-electron chi connectivity index (χ0n) is 10.3. The van der Waals surface area contributed by atoms with E-state index in [-0.39, 0.29) is 9.89 Å². The molecule has 0 amide bonds. The van der Waals surface area contributed by atoms with Crippen LogP contribution in [0, 0.1) is 17.0 Å². The summed E-state index contributed by atoms with van der Waals surface area (Å²) >= 11 is 9.46. The van der Waals surface area contributed by atoms with Crippen LogP contribution in [0.2, 0.25) is 0 Å². The molecule has 0 aromatic heterocycles. The van der Waals surface area contributed by atoms with Crippen LogP contribution in [0.25, 0.3) is 0 Å². The van der Waals surface area contributed by atoms with Crippen molar-refractivity contribution in [3.63, 3.8) is 0 Å². The molecule has 4 heteroatoms. The second-order valence-corrected chi connectivity index (χ2v) is 6.36. The maximum Gasteiger partial charge on any atom is 0.137 e. The van der Waals surface area contributed by atoms with Crippen LogP contribution in [0.1, 0.15) is 50.0 Å². The van der Waals surface area contributed by atoms with Crippen molar-refractivity contribution in [3.8, 4) is 0 Å². The Kier molecular flexibility index (Phi) is 4.32. The molecule has 1 aromatic carbocycles. The van der Waals surface area contributed by atoms with Gasteiger partial charge in [-0.1, -0.05) is 19.8 Å². The molecule has 1 atom stereocenters. The summed E-state index contributed by atoms with van der Waals surface area (Å²) in [6.07, 6.45) is 5.14. The zero-order valence-corrected chi connectivity index (χ0v) is 12.6. The van der Waals surface area contributed by atoms with Gasteiger partial charge in [0, 0.05) is 5.56 Å². The van der Waals surface area contributed by atoms with Gasteiger partial charge in [0.1, 0.15) is 11.6 Å². The predicted molar refractivity (Wildman–Crippen MR) is 73.8 cm³/mol. The standard InChI is InChI=1S/C14H16BrClF2/c1-2-14(5-3-4-6-14)13(16)9-7-12(18)10(15)8-11(9)17/h7-8,13H,2-6H2,1H3. The lowest BCUT2D eigenvalue weighted by atomic mass is 9.77. The largest absolute Gasteiger partial charge is 0.207 e. The van der Waals surface area contributed by atoms with Gasteiger partial charge in [-0.2, -0.15) is 0 Å². The van der Waals surface area contributed by atoms with Crippen molar-refractivity contribution >= 4 is 27.5 Å². The molecule has 1 aromatic rings. The monoisotopic (exact) mass is 336 g/mol. The van der Waals surface area contributed by atoms with E-state index in [1.807, 2.05) is 0 Å². The molecule has 1 saturated carbocycles. The fourth-order valence-electron chi connectivity index (χ4n) is 2.93. The summed E-state index contributed by atoms with van der Waals surface area (Å²) in [5.74, 6) is -0.885. The normalized spacial score (nSPS) is 20.1. The fourth-order valence-corrected chi connectivity index (χ4v) is 3.78. The lowest BCUT2D eigenvalue weighted by Gasteiger charge is -2.33. The van der Waals surface area contributed by atoms with Crippen molar-refractivity contribution in [2.45, 2.75) is 44.4 Å². The van der Waals surface area contributed by atoms with Gasteiger partial charge < -0.3 is 0 Å². The molecule has 1 aliphatic rings. The molecule has 0 bridgehead atoms. The van der Waals surface area contributed by atoms with E-state index < -0.39 is 17.0 Å². The van der Waals surface area contributed by atoms with E-state index >= 15 is 0 Å². The molecule has 1 fully saturated rings. The van der Waals surface area contributed by atoms with Crippen molar-refractivity contribution in [2.75, 3.05) is 0 Å². The summed E-state index contributed by atoms with van der Waals surface area (Å²) in [6, 6.07) is 2.39. The van der Waals surface area contributed by atoms with Gasteiger partial charge in [0.25, 0.3) is 0 Å². The molecule has 0 radical (unpaired) electrons. The first-order chi connectivity index (χ1) is 8.50. The molecule has 100 valence electrons. The average Bonchev–Trinajstić information content (AvgIpc) is 2.83. The van der Waals surface area contributed by atoms with Crippen molar-refractivity contribution in [3.05, 3.63) is 33.8 Å². The molecule has 2 rings (SSSR count). The van der Waals surface area contributed by atoms with Crippen LogP contribution in [0.15, 0.2) is 16.6 Å². The summed E-state index contributed by atoms with van der Waals surface area (Å²) in [4.78, 5) is 0. The lowest BCUT2D eigenvalue weighted by Crippen LogP contribution is -2.22. The van der Waals surface area contributed by atoms with Crippen LogP contribution >= 0.6 is 27.5 Å². The van der Waals surface area contributed by atoms with Crippen LogP contribution in [0.4, 0.5) is 8.78 Å². The zero-order chi connectivity index (χ0) is 13.3. The number of hydrogen-bond donors (Lipinski definition) is 0. The predicted octanol–water partition coefficient (Wildman–Crippen LogP) is 5.98. The minimum Gasteiger partial charge on any atom is -0.207 e. The van der Waals surface area contributed by atoms with Gasteiger partial charge in [-0.15, -0.1) is 11.6 Å². The first-order valence-corrected chi connectivity index (χ1v) is 7.51. The van der Waals surface area contributed by atoms with E-state index in [1.54, 1.807) is 0 Å². The summed E-state index contributed by atoms with van der Waals surface area (Å²) in [6.45, 7) is 2.08. The highest BCUT2D eigenvalue weighted by molar-refractivity contribution is 9.10. The van der Waals surface area contributed by atoms with Crippen molar-refractivity contribution in [1.82, 2.24) is 0 Å². The van der Waals surface area contributed by atoms with Crippen LogP contribution in [-0.2, 0) is 0 Å². The van der Waals surface area contributed by atoms with E-state index in [2.05, 4.69) is 22.9 Å². The van der Waals surface area contributed by atoms with Crippen LogP contribution in [0.3, 0.4) is 0 Å². The Balaban J connectivity index is 2.39. The summed E-state index contributed by atoms with van der Waals surface area (Å²) in [5, 5.41) is -0.451. The second kappa shape index (κ2) is 5.46. The minimum atomic E-state index is -0.457. The van der Waals surface area contributed by atoms with Crippen LogP contribution < -0.4 is 0 Å². The number of benzene rings is 1. The van der Waals surface area contributed by atoms with Crippen molar-refractivity contribution < 1.29 is 8.78 Å². The summed E-state index contributed by atoms with van der Waals surface area (Å²) < 4.78 is 27.7. The second-order valence-electron chi connectivity index (χ2n) is 5.07. The van der Waals surface area contributed by atoms with Crippen LogP contribution in [-0.4, -0.2) is 0 Å². The van der Waals surface area contributed by atoms with E-state index in [0.717, 1.165) is 32.1 Å². The average molecular weight is 338 g/mol. The molecule has 0 nitrogen and oxygen atoms in total. The molecular weight excluding hydrogens is 322 g/mol. The quantitative estimate of drug-likeness (QED) is 0.470. The first kappa shape index (κ1) is 14.3. The number of rotatable bonds is 3. The van der Waals surface area contributed by atoms with Crippen LogP contribution in [0.5, 0.6) is 0 Å². The topological polar surface area (TPSA) is 0 Å². The first-order valence-electron chi connectivity index (χ1n) is 6.28. The highest BCUT2D eigenvalue weighted by atomic mass is 79.9. The Labute approximate surface area is 120 Å². The molecule has 1 aliphatic carbocycles. The Morgan fingerprint density at radius 2 is 1.89 bits per heavy atom. The van der Waals surface area contributed by atoms with E-state index in [9.17, 15) is 8.78 Å². The van der Waals surface area contributed by atoms with Gasteiger partial charge in [0.2, 0.25) is 0 Å². The SMILES string of the molecule is CCC1(C(Cl)c2cc(F)c(Br)cc2F)CCCC1. The molecular formula is C14H16BrClF2. The number of hydrogen-bond acceptors (Lipinski definition) is 0. The summed E-state index contributed by atoms with van der Waals surface area (Å²) in [5.41, 5.74) is 0.212. The maximum absolute atomic E-state index is 14.0. The molecule has 0 heterocycles. The molecule has 0 N–H and O–H groups in total. The molecule has 0 spiro atoms. The molecule has 0 aliphatic heterocycles. The Morgan fingerprint density at radius 1 is 1.28 bits per heavy atom. The van der Waals surface area contributed by atoms with Gasteiger partial charge in [0.15, 0.2) is 0 Å². The van der Waals surface area contributed by atoms with Gasteiger partial charge in [-0.3, -0.25) is 0 Å². The smallest absolute Gasteiger partial charge is 0.137 e. The minimum absolute atomic E-state index is 0.0807. The van der Waals surface area contributed by atoms with E-state index in [0.29, 0.717) is 5.56 Å². The third-order valence-corrected chi connectivity index (χ3v) is 5.46. The third kappa shape index (κ3) is 2.44. The molecule has 1 unspecified atom stereocenters. The van der Waals surface area contributed by atoms with Gasteiger partial charge in [-0.25, -0.2) is 8.78 Å². The van der Waals surface area contributed by atoms with Gasteiger partial charge in [0.05, 0.1) is 9.85 Å². The van der Waals surface area contributed by atoms with E-state index in [1.165, 1.54) is 12.1 Å². The van der Waals surface area contributed by atoms with E-state index in [4.69, 9.17) is 11.6 Å². The third-order valence-electron chi connectivity index (χ3n) is 4.15. The fraction of sp³-hybridized carbons (Fsp3) is 0.571. The van der Waals surface area contributed by atoms with Crippen molar-refractivity contribution in [2.24, 2.45) is 5.41 Å². The Hall–Kier alpha value is -0.150. The molecule has 18 heavy (non-hydrogen) atoms. The van der Waals surface area contributed by atoms with Gasteiger partial charge in [-0.05, 0) is 52.7 Å².